The molecule has 14 heteroatoms. The van der Waals surface area contributed by atoms with Crippen molar-refractivity contribution in [3.05, 3.63) is 41.6 Å². The van der Waals surface area contributed by atoms with Gasteiger partial charge in [-0.2, -0.15) is 0 Å². The molecular weight excluding hydrogens is 572 g/mol. The summed E-state index contributed by atoms with van der Waals surface area (Å²) < 4.78 is 11.0. The lowest BCUT2D eigenvalue weighted by Gasteiger charge is -2.30. The predicted molar refractivity (Wildman–Crippen MR) is 158 cm³/mol. The van der Waals surface area contributed by atoms with Crippen molar-refractivity contribution in [2.45, 2.75) is 77.6 Å². The van der Waals surface area contributed by atoms with E-state index in [1.807, 2.05) is 26.8 Å². The highest BCUT2D eigenvalue weighted by molar-refractivity contribution is 6.03. The number of aromatic nitrogens is 1. The Hall–Kier alpha value is -4.46. The summed E-state index contributed by atoms with van der Waals surface area (Å²) >= 11 is 0. The van der Waals surface area contributed by atoms with Crippen molar-refractivity contribution >= 4 is 35.2 Å². The van der Waals surface area contributed by atoms with Crippen molar-refractivity contribution in [3.63, 3.8) is 0 Å². The van der Waals surface area contributed by atoms with Gasteiger partial charge in [-0.1, -0.05) is 19.9 Å². The number of amides is 5. The highest BCUT2D eigenvalue weighted by Crippen LogP contribution is 2.32. The van der Waals surface area contributed by atoms with E-state index in [4.69, 9.17) is 9.15 Å². The average molecular weight is 613 g/mol. The third-order valence-electron chi connectivity index (χ3n) is 7.35. The molecular formula is C30H40N6O8. The Bertz CT molecular complexity index is 1390. The maximum Gasteiger partial charge on any atom is 0.273 e. The van der Waals surface area contributed by atoms with E-state index in [0.717, 1.165) is 5.56 Å². The monoisotopic (exact) mass is 612 g/mol. The van der Waals surface area contributed by atoms with Crippen LogP contribution in [0.3, 0.4) is 0 Å². The van der Waals surface area contributed by atoms with E-state index in [0.29, 0.717) is 30.7 Å². The smallest absolute Gasteiger partial charge is 0.273 e. The molecule has 1 aromatic heterocycles. The van der Waals surface area contributed by atoms with Crippen LogP contribution in [-0.2, 0) is 19.2 Å². The van der Waals surface area contributed by atoms with Crippen LogP contribution < -0.4 is 30.9 Å². The molecule has 0 unspecified atom stereocenters. The van der Waals surface area contributed by atoms with Crippen LogP contribution in [0.2, 0.25) is 0 Å². The maximum atomic E-state index is 13.5. The van der Waals surface area contributed by atoms with Gasteiger partial charge in [-0.15, -0.1) is 0 Å². The number of hydrogen-bond donors (Lipinski definition) is 5. The molecule has 0 spiro atoms. The van der Waals surface area contributed by atoms with Gasteiger partial charge in [0.1, 0.15) is 36.7 Å². The van der Waals surface area contributed by atoms with Gasteiger partial charge in [0.25, 0.3) is 11.8 Å². The maximum absolute atomic E-state index is 13.5. The second-order valence-electron chi connectivity index (χ2n) is 11.6. The van der Waals surface area contributed by atoms with Gasteiger partial charge in [0.05, 0.1) is 11.8 Å². The number of nitrogens with one attached hydrogen (secondary N) is 4. The standard InChI is InChI=1S/C30H40N6O8/c1-16(2)11-20-30-34-21(14-44-30)27(40)31-10-6-5-7-19(28(41)35-26(18(4)37)29(42)33-20)32-24(38)13-36-22-12-17(3)8-9-23(22)43-15-25(36)39/h8-9,12,14,16,18-20,26,37H,5-7,10-11,13,15H2,1-4H3,(H,31,40)(H,32,38)(H,33,42)(H,35,41)/t18-,19+,20+,26+/m1/s1. The van der Waals surface area contributed by atoms with Crippen LogP contribution in [0, 0.1) is 12.8 Å². The van der Waals surface area contributed by atoms with Crippen LogP contribution in [0.5, 0.6) is 5.75 Å². The largest absolute Gasteiger partial charge is 0.482 e. The van der Waals surface area contributed by atoms with Crippen LogP contribution in [0.4, 0.5) is 5.69 Å². The molecule has 5 amide bonds. The lowest BCUT2D eigenvalue weighted by atomic mass is 10.0. The minimum absolute atomic E-state index is 0.0649. The fraction of sp³-hybridized carbons (Fsp3) is 0.533. The van der Waals surface area contributed by atoms with Gasteiger partial charge in [0, 0.05) is 6.54 Å². The molecule has 14 nitrogen and oxygen atoms in total. The van der Waals surface area contributed by atoms with Crippen LogP contribution in [0.25, 0.3) is 0 Å². The summed E-state index contributed by atoms with van der Waals surface area (Å²) in [6, 6.07) is 2.11. The summed E-state index contributed by atoms with van der Waals surface area (Å²) in [5.74, 6) is -2.13. The number of aliphatic hydroxyl groups excluding tert-OH is 1. The number of aliphatic hydroxyl groups is 1. The number of aryl methyl sites for hydroxylation is 1. The molecule has 1 aromatic carbocycles. The molecule has 0 radical (unpaired) electrons. The van der Waals surface area contributed by atoms with Crippen molar-refractivity contribution < 1.29 is 38.2 Å². The Morgan fingerprint density at radius 3 is 2.64 bits per heavy atom. The lowest BCUT2D eigenvalue weighted by molar-refractivity contribution is -0.134. The molecule has 2 aliphatic rings. The molecule has 0 saturated heterocycles. The van der Waals surface area contributed by atoms with E-state index < -0.39 is 53.8 Å². The number of nitrogens with zero attached hydrogens (tertiary/aromatic N) is 2. The molecule has 2 aliphatic heterocycles. The summed E-state index contributed by atoms with van der Waals surface area (Å²) in [5.41, 5.74) is 1.39. The normalized spacial score (nSPS) is 22.3. The molecule has 4 atom stereocenters. The molecule has 2 bridgehead atoms. The molecule has 238 valence electrons. The highest BCUT2D eigenvalue weighted by atomic mass is 16.5. The van der Waals surface area contributed by atoms with Gasteiger partial charge in [0.15, 0.2) is 12.3 Å². The molecule has 0 fully saturated rings. The molecule has 5 N–H and O–H groups in total. The zero-order valence-electron chi connectivity index (χ0n) is 25.3. The third-order valence-corrected chi connectivity index (χ3v) is 7.35. The number of benzene rings is 1. The highest BCUT2D eigenvalue weighted by Gasteiger charge is 2.34. The van der Waals surface area contributed by atoms with Crippen LogP contribution in [0.1, 0.15) is 74.4 Å². The minimum atomic E-state index is -1.36. The predicted octanol–water partition coefficient (Wildman–Crippen LogP) is 0.876. The fourth-order valence-corrected chi connectivity index (χ4v) is 5.07. The topological polar surface area (TPSA) is 192 Å². The number of oxazole rings is 1. The van der Waals surface area contributed by atoms with E-state index in [1.165, 1.54) is 18.1 Å². The number of carbonyl (C=O) groups is 5. The first-order chi connectivity index (χ1) is 20.9. The number of hydrogen-bond acceptors (Lipinski definition) is 9. The van der Waals surface area contributed by atoms with Crippen molar-refractivity contribution in [1.82, 2.24) is 26.3 Å². The number of rotatable bonds is 6. The van der Waals surface area contributed by atoms with Gasteiger partial charge in [-0.25, -0.2) is 4.98 Å². The summed E-state index contributed by atoms with van der Waals surface area (Å²) in [5, 5.41) is 21.3. The number of ether oxygens (including phenoxy) is 1. The fourth-order valence-electron chi connectivity index (χ4n) is 5.07. The number of carbonyl (C=O) groups excluding carboxylic acids is 5. The van der Waals surface area contributed by atoms with Gasteiger partial charge in [0.2, 0.25) is 23.6 Å². The van der Waals surface area contributed by atoms with E-state index in [9.17, 15) is 29.1 Å². The Morgan fingerprint density at radius 1 is 1.14 bits per heavy atom. The minimum Gasteiger partial charge on any atom is -0.482 e. The van der Waals surface area contributed by atoms with Crippen molar-refractivity contribution in [2.24, 2.45) is 5.92 Å². The molecule has 3 heterocycles. The van der Waals surface area contributed by atoms with Crippen LogP contribution in [-0.4, -0.2) is 77.5 Å². The Morgan fingerprint density at radius 2 is 1.91 bits per heavy atom. The average Bonchev–Trinajstić information content (AvgIpc) is 3.46. The first kappa shape index (κ1) is 32.5. The second-order valence-corrected chi connectivity index (χ2v) is 11.6. The van der Waals surface area contributed by atoms with E-state index in [-0.39, 0.29) is 43.6 Å². The Balaban J connectivity index is 1.54. The van der Waals surface area contributed by atoms with E-state index in [2.05, 4.69) is 26.3 Å². The summed E-state index contributed by atoms with van der Waals surface area (Å²) in [6.45, 7) is 6.80. The summed E-state index contributed by atoms with van der Waals surface area (Å²) in [7, 11) is 0. The first-order valence-electron chi connectivity index (χ1n) is 14.8. The Labute approximate surface area is 255 Å². The number of anilines is 1. The SMILES string of the molecule is Cc1ccc2c(c1)N(CC(=O)N[C@H]1CCCCNC(=O)c3coc(n3)[C@H](CC(C)C)NC(=O)[C@H]([C@@H](C)O)NC1=O)C(=O)CO2. The van der Waals surface area contributed by atoms with Crippen LogP contribution >= 0.6 is 0 Å². The van der Waals surface area contributed by atoms with Crippen LogP contribution in [0.15, 0.2) is 28.9 Å². The Kier molecular flexibility index (Phi) is 10.6. The van der Waals surface area contributed by atoms with Gasteiger partial charge in [-0.05, 0) is 63.1 Å². The van der Waals surface area contributed by atoms with Gasteiger partial charge in [-0.3, -0.25) is 28.9 Å². The van der Waals surface area contributed by atoms with E-state index >= 15 is 0 Å². The molecule has 2 aromatic rings. The molecule has 0 aliphatic carbocycles. The van der Waals surface area contributed by atoms with E-state index in [1.54, 1.807) is 12.1 Å². The summed E-state index contributed by atoms with van der Waals surface area (Å²) in [6.07, 6.45) is 1.41. The van der Waals surface area contributed by atoms with Crippen molar-refractivity contribution in [2.75, 3.05) is 24.6 Å². The zero-order valence-corrected chi connectivity index (χ0v) is 25.3. The van der Waals surface area contributed by atoms with Crippen molar-refractivity contribution in [3.8, 4) is 5.75 Å². The van der Waals surface area contributed by atoms with Gasteiger partial charge >= 0.3 is 0 Å². The molecule has 44 heavy (non-hydrogen) atoms. The first-order valence-corrected chi connectivity index (χ1v) is 14.8. The van der Waals surface area contributed by atoms with Gasteiger partial charge < -0.3 is 35.5 Å². The third kappa shape index (κ3) is 8.13. The molecule has 0 saturated carbocycles. The second kappa shape index (κ2) is 14.3. The quantitative estimate of drug-likeness (QED) is 0.315. The van der Waals surface area contributed by atoms with Crippen molar-refractivity contribution in [1.29, 1.82) is 0 Å². The zero-order chi connectivity index (χ0) is 32.0. The summed E-state index contributed by atoms with van der Waals surface area (Å²) in [4.78, 5) is 71.0. The number of fused-ring (bicyclic) bond motifs is 3. The molecule has 4 rings (SSSR count). The lowest BCUT2D eigenvalue weighted by Crippen LogP contribution is -2.58.